The Labute approximate surface area is 117 Å². The van der Waals surface area contributed by atoms with Crippen LogP contribution in [-0.2, 0) is 0 Å². The molecule has 0 spiro atoms. The first-order chi connectivity index (χ1) is 9.74. The van der Waals surface area contributed by atoms with E-state index in [-0.39, 0.29) is 5.75 Å². The summed E-state index contributed by atoms with van der Waals surface area (Å²) < 4.78 is 10.3. The molecular formula is C15H16N2O3. The lowest BCUT2D eigenvalue weighted by molar-refractivity contribution is 0.384. The summed E-state index contributed by atoms with van der Waals surface area (Å²) >= 11 is 0. The van der Waals surface area contributed by atoms with E-state index in [1.165, 1.54) is 26.5 Å². The van der Waals surface area contributed by atoms with E-state index in [0.29, 0.717) is 17.1 Å². The summed E-state index contributed by atoms with van der Waals surface area (Å²) in [5, 5.41) is 14.0. The van der Waals surface area contributed by atoms with Gasteiger partial charge in [-0.15, -0.1) is 0 Å². The lowest BCUT2D eigenvalue weighted by Gasteiger charge is -2.09. The van der Waals surface area contributed by atoms with Crippen LogP contribution < -0.4 is 14.9 Å². The summed E-state index contributed by atoms with van der Waals surface area (Å²) in [5.74, 6) is 1.05. The Morgan fingerprint density at radius 1 is 1.10 bits per heavy atom. The topological polar surface area (TPSA) is 63.1 Å². The minimum Gasteiger partial charge on any atom is -0.507 e. The highest BCUT2D eigenvalue weighted by Gasteiger charge is 2.09. The monoisotopic (exact) mass is 272 g/mol. The second-order valence-corrected chi connectivity index (χ2v) is 4.00. The van der Waals surface area contributed by atoms with E-state index in [1.807, 2.05) is 30.3 Å². The number of nitrogens with one attached hydrogen (secondary N) is 1. The summed E-state index contributed by atoms with van der Waals surface area (Å²) in [7, 11) is 3.05. The van der Waals surface area contributed by atoms with Gasteiger partial charge in [0.25, 0.3) is 0 Å². The highest BCUT2D eigenvalue weighted by atomic mass is 16.5. The molecule has 2 aromatic carbocycles. The molecule has 0 atom stereocenters. The zero-order chi connectivity index (χ0) is 14.4. The number of nitrogens with zero attached hydrogens (tertiary/aromatic N) is 1. The number of rotatable bonds is 5. The molecule has 0 bridgehead atoms. The van der Waals surface area contributed by atoms with Crippen molar-refractivity contribution in [2.45, 2.75) is 0 Å². The number of hydrazone groups is 1. The van der Waals surface area contributed by atoms with E-state index in [9.17, 15) is 5.11 Å². The largest absolute Gasteiger partial charge is 0.507 e. The average Bonchev–Trinajstić information content (AvgIpc) is 2.49. The Morgan fingerprint density at radius 3 is 2.50 bits per heavy atom. The SMILES string of the molecule is COc1cc(O)c(/C=N\Nc2ccccc2)c(OC)c1. The zero-order valence-electron chi connectivity index (χ0n) is 11.3. The smallest absolute Gasteiger partial charge is 0.135 e. The van der Waals surface area contributed by atoms with Crippen LogP contribution in [0.1, 0.15) is 5.56 Å². The molecule has 0 saturated carbocycles. The van der Waals surface area contributed by atoms with Crippen LogP contribution in [0.15, 0.2) is 47.6 Å². The lowest BCUT2D eigenvalue weighted by Crippen LogP contribution is -1.96. The maximum atomic E-state index is 9.95. The van der Waals surface area contributed by atoms with E-state index >= 15 is 0 Å². The zero-order valence-corrected chi connectivity index (χ0v) is 11.3. The predicted octanol–water partition coefficient (Wildman–Crippen LogP) is 2.86. The third kappa shape index (κ3) is 3.20. The molecule has 2 N–H and O–H groups in total. The summed E-state index contributed by atoms with van der Waals surface area (Å²) in [4.78, 5) is 0. The van der Waals surface area contributed by atoms with Crippen LogP contribution in [0.4, 0.5) is 5.69 Å². The first-order valence-electron chi connectivity index (χ1n) is 6.03. The van der Waals surface area contributed by atoms with Crippen LogP contribution in [0.25, 0.3) is 0 Å². The number of anilines is 1. The van der Waals surface area contributed by atoms with Gasteiger partial charge in [0.2, 0.25) is 0 Å². The van der Waals surface area contributed by atoms with Gasteiger partial charge in [0.05, 0.1) is 31.7 Å². The average molecular weight is 272 g/mol. The van der Waals surface area contributed by atoms with Crippen LogP contribution >= 0.6 is 0 Å². The predicted molar refractivity (Wildman–Crippen MR) is 78.9 cm³/mol. The highest BCUT2D eigenvalue weighted by molar-refractivity contribution is 5.88. The van der Waals surface area contributed by atoms with Crippen molar-refractivity contribution in [1.82, 2.24) is 0 Å². The molecule has 0 heterocycles. The van der Waals surface area contributed by atoms with Crippen molar-refractivity contribution >= 4 is 11.9 Å². The molecule has 0 aromatic heterocycles. The first-order valence-corrected chi connectivity index (χ1v) is 6.03. The molecule has 0 fully saturated rings. The van der Waals surface area contributed by atoms with Crippen molar-refractivity contribution in [3.05, 3.63) is 48.0 Å². The number of hydrogen-bond donors (Lipinski definition) is 2. The van der Waals surface area contributed by atoms with Crippen molar-refractivity contribution < 1.29 is 14.6 Å². The molecular weight excluding hydrogens is 256 g/mol. The standard InChI is InChI=1S/C15H16N2O3/c1-19-12-8-14(18)13(15(9-12)20-2)10-16-17-11-6-4-3-5-7-11/h3-10,17-18H,1-2H3/b16-10-. The van der Waals surface area contributed by atoms with E-state index in [1.54, 1.807) is 6.07 Å². The molecule has 0 unspecified atom stereocenters. The second kappa shape index (κ2) is 6.47. The van der Waals surface area contributed by atoms with Crippen LogP contribution in [-0.4, -0.2) is 25.5 Å². The number of phenolic OH excluding ortho intramolecular Hbond substituents is 1. The number of para-hydroxylation sites is 1. The summed E-state index contributed by atoms with van der Waals surface area (Å²) in [6.45, 7) is 0. The van der Waals surface area contributed by atoms with Crippen LogP contribution in [0.3, 0.4) is 0 Å². The van der Waals surface area contributed by atoms with Gasteiger partial charge in [-0.25, -0.2) is 0 Å². The number of methoxy groups -OCH3 is 2. The van der Waals surface area contributed by atoms with Crippen LogP contribution in [0.2, 0.25) is 0 Å². The van der Waals surface area contributed by atoms with Gasteiger partial charge >= 0.3 is 0 Å². The maximum Gasteiger partial charge on any atom is 0.135 e. The molecule has 0 radical (unpaired) electrons. The third-order valence-electron chi connectivity index (χ3n) is 2.71. The van der Waals surface area contributed by atoms with Gasteiger partial charge in [0.15, 0.2) is 0 Å². The highest BCUT2D eigenvalue weighted by Crippen LogP contribution is 2.31. The van der Waals surface area contributed by atoms with E-state index in [0.717, 1.165) is 5.69 Å². The summed E-state index contributed by atoms with van der Waals surface area (Å²) in [5.41, 5.74) is 4.21. The fourth-order valence-electron chi connectivity index (χ4n) is 1.69. The number of aromatic hydroxyl groups is 1. The Kier molecular flexibility index (Phi) is 4.44. The van der Waals surface area contributed by atoms with E-state index in [2.05, 4.69) is 10.5 Å². The molecule has 5 heteroatoms. The molecule has 0 aliphatic heterocycles. The molecule has 104 valence electrons. The number of hydrogen-bond acceptors (Lipinski definition) is 5. The van der Waals surface area contributed by atoms with Crippen molar-refractivity contribution in [3.8, 4) is 17.2 Å². The Morgan fingerprint density at radius 2 is 1.85 bits per heavy atom. The molecule has 5 nitrogen and oxygen atoms in total. The van der Waals surface area contributed by atoms with Crippen molar-refractivity contribution in [2.75, 3.05) is 19.6 Å². The normalized spacial score (nSPS) is 10.5. The number of benzene rings is 2. The lowest BCUT2D eigenvalue weighted by atomic mass is 10.2. The molecule has 0 saturated heterocycles. The maximum absolute atomic E-state index is 9.95. The fourth-order valence-corrected chi connectivity index (χ4v) is 1.69. The van der Waals surface area contributed by atoms with Gasteiger partial charge in [-0.2, -0.15) is 5.10 Å². The quantitative estimate of drug-likeness (QED) is 0.649. The Balaban J connectivity index is 2.20. The summed E-state index contributed by atoms with van der Waals surface area (Å²) in [6.07, 6.45) is 1.50. The Bertz CT molecular complexity index is 598. The molecule has 0 aliphatic rings. The minimum absolute atomic E-state index is 0.0415. The van der Waals surface area contributed by atoms with Crippen molar-refractivity contribution in [2.24, 2.45) is 5.10 Å². The summed E-state index contributed by atoms with van der Waals surface area (Å²) in [6, 6.07) is 12.7. The molecule has 2 aromatic rings. The second-order valence-electron chi connectivity index (χ2n) is 4.00. The first kappa shape index (κ1) is 13.7. The minimum atomic E-state index is 0.0415. The van der Waals surface area contributed by atoms with E-state index in [4.69, 9.17) is 9.47 Å². The third-order valence-corrected chi connectivity index (χ3v) is 2.71. The molecule has 2 rings (SSSR count). The molecule has 20 heavy (non-hydrogen) atoms. The number of phenols is 1. The Hall–Kier alpha value is -2.69. The van der Waals surface area contributed by atoms with Gasteiger partial charge in [0, 0.05) is 12.1 Å². The van der Waals surface area contributed by atoms with Crippen LogP contribution in [0.5, 0.6) is 17.2 Å². The van der Waals surface area contributed by atoms with Crippen LogP contribution in [0, 0.1) is 0 Å². The van der Waals surface area contributed by atoms with Crippen molar-refractivity contribution in [3.63, 3.8) is 0 Å². The van der Waals surface area contributed by atoms with Gasteiger partial charge in [-0.05, 0) is 12.1 Å². The fraction of sp³-hybridized carbons (Fsp3) is 0.133. The van der Waals surface area contributed by atoms with Gasteiger partial charge in [-0.3, -0.25) is 5.43 Å². The van der Waals surface area contributed by atoms with E-state index < -0.39 is 0 Å². The van der Waals surface area contributed by atoms with Crippen molar-refractivity contribution in [1.29, 1.82) is 0 Å². The molecule has 0 amide bonds. The van der Waals surface area contributed by atoms with Gasteiger partial charge in [0.1, 0.15) is 17.2 Å². The van der Waals surface area contributed by atoms with Gasteiger partial charge in [-0.1, -0.05) is 18.2 Å². The van der Waals surface area contributed by atoms with Gasteiger partial charge < -0.3 is 14.6 Å². The number of ether oxygens (including phenoxy) is 2. The molecule has 0 aliphatic carbocycles.